The quantitative estimate of drug-likeness (QED) is 0.788. The van der Waals surface area contributed by atoms with Gasteiger partial charge in [0, 0.05) is 13.1 Å². The highest BCUT2D eigenvalue weighted by molar-refractivity contribution is 6.32. The largest absolute Gasteiger partial charge is 0.276 e. The van der Waals surface area contributed by atoms with Gasteiger partial charge in [-0.2, -0.15) is 0 Å². The average molecular weight is 281 g/mol. The Hall–Kier alpha value is -1.55. The van der Waals surface area contributed by atoms with Crippen LogP contribution in [0.4, 0.5) is 4.39 Å². The third-order valence-corrected chi connectivity index (χ3v) is 3.99. The van der Waals surface area contributed by atoms with E-state index in [9.17, 15) is 9.18 Å². The number of hydrogen-bond acceptors (Lipinski definition) is 1. The van der Waals surface area contributed by atoms with Crippen LogP contribution in [0.2, 0.25) is 5.15 Å². The van der Waals surface area contributed by atoms with Gasteiger partial charge in [-0.3, -0.25) is 9.48 Å². The molecule has 0 spiro atoms. The van der Waals surface area contributed by atoms with Gasteiger partial charge in [0.15, 0.2) is 0 Å². The summed E-state index contributed by atoms with van der Waals surface area (Å²) in [6.07, 6.45) is 2.01. The zero-order chi connectivity index (χ0) is 13.6. The number of benzene rings is 1. The summed E-state index contributed by atoms with van der Waals surface area (Å²) in [6.45, 7) is 3.13. The Labute approximate surface area is 115 Å². The Bertz CT molecular complexity index is 702. The van der Waals surface area contributed by atoms with Crippen molar-refractivity contribution in [1.29, 1.82) is 0 Å². The molecule has 0 atom stereocenters. The van der Waals surface area contributed by atoms with Crippen molar-refractivity contribution in [3.63, 3.8) is 0 Å². The van der Waals surface area contributed by atoms with Crippen molar-refractivity contribution in [1.82, 2.24) is 9.36 Å². The average Bonchev–Trinajstić information content (AvgIpc) is 2.66. The van der Waals surface area contributed by atoms with Crippen molar-refractivity contribution in [2.75, 3.05) is 0 Å². The van der Waals surface area contributed by atoms with Crippen LogP contribution in [0.5, 0.6) is 0 Å². The molecule has 0 radical (unpaired) electrons. The highest BCUT2D eigenvalue weighted by Gasteiger charge is 2.22. The van der Waals surface area contributed by atoms with Crippen LogP contribution in [0.25, 0.3) is 11.1 Å². The lowest BCUT2D eigenvalue weighted by Gasteiger charge is -2.17. The number of aromatic nitrogens is 2. The second-order valence-corrected chi connectivity index (χ2v) is 5.25. The second kappa shape index (κ2) is 4.53. The number of rotatable bonds is 1. The van der Waals surface area contributed by atoms with Gasteiger partial charge in [0.2, 0.25) is 0 Å². The Morgan fingerprint density at radius 1 is 1.21 bits per heavy atom. The smallest absolute Gasteiger partial charge is 0.271 e. The summed E-state index contributed by atoms with van der Waals surface area (Å²) in [5, 5.41) is 0.454. The summed E-state index contributed by atoms with van der Waals surface area (Å²) in [4.78, 5) is 12.4. The first-order chi connectivity index (χ1) is 9.09. The summed E-state index contributed by atoms with van der Waals surface area (Å²) >= 11 is 6.32. The molecule has 0 saturated carbocycles. The highest BCUT2D eigenvalue weighted by atomic mass is 35.5. The van der Waals surface area contributed by atoms with Crippen molar-refractivity contribution < 1.29 is 4.39 Å². The Morgan fingerprint density at radius 3 is 2.53 bits per heavy atom. The fourth-order valence-electron chi connectivity index (χ4n) is 2.57. The number of halogens is 2. The molecule has 5 heteroatoms. The summed E-state index contributed by atoms with van der Waals surface area (Å²) in [5.41, 5.74) is 1.59. The maximum Gasteiger partial charge on any atom is 0.276 e. The molecule has 0 bridgehead atoms. The first kappa shape index (κ1) is 12.5. The van der Waals surface area contributed by atoms with E-state index in [2.05, 4.69) is 0 Å². The van der Waals surface area contributed by atoms with Crippen LogP contribution in [-0.2, 0) is 13.1 Å². The number of fused-ring (bicyclic) bond motifs is 1. The minimum Gasteiger partial charge on any atom is -0.271 e. The van der Waals surface area contributed by atoms with Gasteiger partial charge in [-0.05, 0) is 43.0 Å². The fourth-order valence-corrected chi connectivity index (χ4v) is 2.93. The summed E-state index contributed by atoms with van der Waals surface area (Å²) in [6, 6.07) is 4.66. The Balaban J connectivity index is 2.23. The molecule has 0 N–H and O–H groups in total. The summed E-state index contributed by atoms with van der Waals surface area (Å²) < 4.78 is 16.8. The lowest BCUT2D eigenvalue weighted by molar-refractivity contribution is 0.356. The molecule has 0 saturated heterocycles. The molecule has 3 nitrogen and oxygen atoms in total. The van der Waals surface area contributed by atoms with Crippen LogP contribution in [0.1, 0.15) is 18.4 Å². The molecule has 19 heavy (non-hydrogen) atoms. The molecule has 2 aromatic rings. The molecule has 0 amide bonds. The van der Waals surface area contributed by atoms with Gasteiger partial charge in [0.1, 0.15) is 11.0 Å². The zero-order valence-electron chi connectivity index (χ0n) is 10.6. The Morgan fingerprint density at radius 2 is 1.89 bits per heavy atom. The minimum absolute atomic E-state index is 0.0873. The van der Waals surface area contributed by atoms with Crippen LogP contribution in [0.15, 0.2) is 23.0 Å². The second-order valence-electron chi connectivity index (χ2n) is 4.89. The first-order valence-electron chi connectivity index (χ1n) is 6.35. The Kier molecular flexibility index (Phi) is 2.97. The predicted octanol–water partition coefficient (Wildman–Crippen LogP) is 3.21. The molecule has 3 rings (SSSR count). The van der Waals surface area contributed by atoms with E-state index in [0.717, 1.165) is 19.4 Å². The van der Waals surface area contributed by atoms with Crippen LogP contribution in [0.3, 0.4) is 0 Å². The van der Waals surface area contributed by atoms with Crippen molar-refractivity contribution >= 4 is 11.6 Å². The molecule has 100 valence electrons. The van der Waals surface area contributed by atoms with Gasteiger partial charge in [0.05, 0.1) is 5.56 Å². The van der Waals surface area contributed by atoms with Gasteiger partial charge >= 0.3 is 0 Å². The molecule has 1 aliphatic rings. The third kappa shape index (κ3) is 1.91. The lowest BCUT2D eigenvalue weighted by atomic mass is 10.1. The van der Waals surface area contributed by atoms with Crippen LogP contribution >= 0.6 is 11.6 Å². The van der Waals surface area contributed by atoms with Crippen molar-refractivity contribution in [3.8, 4) is 11.1 Å². The minimum atomic E-state index is -0.274. The maximum absolute atomic E-state index is 13.3. The van der Waals surface area contributed by atoms with E-state index in [1.54, 1.807) is 23.7 Å². The molecule has 1 aromatic heterocycles. The van der Waals surface area contributed by atoms with E-state index in [0.29, 0.717) is 28.4 Å². The van der Waals surface area contributed by atoms with Crippen molar-refractivity contribution in [2.24, 2.45) is 0 Å². The molecule has 1 aromatic carbocycles. The van der Waals surface area contributed by atoms with Gasteiger partial charge in [-0.1, -0.05) is 17.7 Å². The van der Waals surface area contributed by atoms with E-state index < -0.39 is 0 Å². The lowest BCUT2D eigenvalue weighted by Crippen LogP contribution is -2.27. The SMILES string of the molecule is Cc1cc(-c2c(Cl)n3n(c2=O)CCCC3)ccc1F. The zero-order valence-corrected chi connectivity index (χ0v) is 11.4. The molecule has 2 heterocycles. The van der Waals surface area contributed by atoms with E-state index >= 15 is 0 Å². The van der Waals surface area contributed by atoms with Crippen molar-refractivity contribution in [2.45, 2.75) is 32.9 Å². The molecule has 0 fully saturated rings. The van der Waals surface area contributed by atoms with Gasteiger partial charge in [-0.25, -0.2) is 9.07 Å². The van der Waals surface area contributed by atoms with Crippen LogP contribution in [-0.4, -0.2) is 9.36 Å². The standard InChI is InChI=1S/C14H14ClFN2O/c1-9-8-10(4-5-11(9)16)12-13(15)17-6-2-3-7-18(17)14(12)19/h4-5,8H,2-3,6-7H2,1H3. The predicted molar refractivity (Wildman–Crippen MR) is 73.1 cm³/mol. The molecule has 1 aliphatic heterocycles. The number of nitrogens with zero attached hydrogens (tertiary/aromatic N) is 2. The van der Waals surface area contributed by atoms with E-state index in [4.69, 9.17) is 11.6 Å². The summed E-state index contributed by atoms with van der Waals surface area (Å²) in [5.74, 6) is -0.274. The van der Waals surface area contributed by atoms with Crippen LogP contribution < -0.4 is 5.56 Å². The highest BCUT2D eigenvalue weighted by Crippen LogP contribution is 2.28. The monoisotopic (exact) mass is 280 g/mol. The van der Waals surface area contributed by atoms with E-state index in [1.165, 1.54) is 6.07 Å². The molecular weight excluding hydrogens is 267 g/mol. The number of aryl methyl sites for hydroxylation is 1. The van der Waals surface area contributed by atoms with Crippen LogP contribution in [0, 0.1) is 12.7 Å². The normalized spacial score (nSPS) is 14.5. The summed E-state index contributed by atoms with van der Waals surface area (Å²) in [7, 11) is 0. The first-order valence-corrected chi connectivity index (χ1v) is 6.73. The van der Waals surface area contributed by atoms with Gasteiger partial charge in [-0.15, -0.1) is 0 Å². The van der Waals surface area contributed by atoms with E-state index in [-0.39, 0.29) is 11.4 Å². The van der Waals surface area contributed by atoms with Crippen molar-refractivity contribution in [3.05, 3.63) is 45.1 Å². The molecular formula is C14H14ClFN2O. The van der Waals surface area contributed by atoms with E-state index in [1.807, 2.05) is 4.68 Å². The third-order valence-electron chi connectivity index (χ3n) is 3.61. The van der Waals surface area contributed by atoms with Gasteiger partial charge < -0.3 is 0 Å². The molecule has 0 aliphatic carbocycles. The van der Waals surface area contributed by atoms with Gasteiger partial charge in [0.25, 0.3) is 5.56 Å². The molecule has 0 unspecified atom stereocenters. The maximum atomic E-state index is 13.3. The topological polar surface area (TPSA) is 26.9 Å². The number of hydrogen-bond donors (Lipinski definition) is 0. The fraction of sp³-hybridized carbons (Fsp3) is 0.357.